The Morgan fingerprint density at radius 3 is 2.30 bits per heavy atom. The molecule has 0 spiro atoms. The summed E-state index contributed by atoms with van der Waals surface area (Å²) in [6.45, 7) is 1.55. The zero-order valence-electron chi connectivity index (χ0n) is 11.9. The minimum absolute atomic E-state index is 0.000440. The minimum atomic E-state index is -4.78. The first-order chi connectivity index (χ1) is 10.7. The summed E-state index contributed by atoms with van der Waals surface area (Å²) in [7, 11) is 0. The highest BCUT2D eigenvalue weighted by molar-refractivity contribution is 5.99. The van der Waals surface area contributed by atoms with Crippen molar-refractivity contribution in [3.05, 3.63) is 53.8 Å². The van der Waals surface area contributed by atoms with Gasteiger partial charge in [-0.1, -0.05) is 12.1 Å². The summed E-state index contributed by atoms with van der Waals surface area (Å²) in [5, 5.41) is 4.69. The van der Waals surface area contributed by atoms with E-state index in [0.717, 1.165) is 12.1 Å². The summed E-state index contributed by atoms with van der Waals surface area (Å²) in [5.41, 5.74) is 0.598. The molecule has 2 aromatic rings. The first kappa shape index (κ1) is 16.6. The average Bonchev–Trinajstić information content (AvgIpc) is 2.44. The van der Waals surface area contributed by atoms with E-state index in [1.54, 1.807) is 19.1 Å². The fraction of sp³-hybridized carbons (Fsp3) is 0.133. The molecule has 0 aliphatic heterocycles. The Morgan fingerprint density at radius 2 is 1.70 bits per heavy atom. The number of ether oxygens (including phenoxy) is 1. The average molecular weight is 328 g/mol. The number of aryl methyl sites for hydroxylation is 1. The monoisotopic (exact) mass is 328 g/mol. The molecule has 0 fully saturated rings. The minimum Gasteiger partial charge on any atom is -0.406 e. The van der Waals surface area contributed by atoms with Crippen LogP contribution in [0.5, 0.6) is 5.75 Å². The Bertz CT molecular complexity index is 700. The summed E-state index contributed by atoms with van der Waals surface area (Å²) in [6, 6.07) is 8.36. The van der Waals surface area contributed by atoms with Crippen LogP contribution in [0.1, 0.15) is 5.56 Å². The molecule has 0 radical (unpaired) electrons. The number of benzene rings is 2. The molecule has 0 aromatic heterocycles. The number of amides is 2. The number of nitrogens with one attached hydrogen (secondary N) is 2. The van der Waals surface area contributed by atoms with E-state index in [1.807, 2.05) is 0 Å². The standard InChI is InChI=1S/C15H12F4N2O2/c1-9-3-2-4-12(13(9)16)21-14(22)20-10-5-7-11(8-6-10)23-15(17,18)19/h2-8H,1H3,(H2,20,21,22). The predicted molar refractivity (Wildman–Crippen MR) is 76.9 cm³/mol. The van der Waals surface area contributed by atoms with Gasteiger partial charge >= 0.3 is 12.4 Å². The Kier molecular flexibility index (Phi) is 4.73. The van der Waals surface area contributed by atoms with E-state index >= 15 is 0 Å². The van der Waals surface area contributed by atoms with Crippen molar-refractivity contribution in [1.29, 1.82) is 0 Å². The topological polar surface area (TPSA) is 50.4 Å². The van der Waals surface area contributed by atoms with Crippen LogP contribution in [0, 0.1) is 12.7 Å². The van der Waals surface area contributed by atoms with Gasteiger partial charge in [-0.05, 0) is 42.8 Å². The van der Waals surface area contributed by atoms with Crippen LogP contribution in [-0.2, 0) is 0 Å². The van der Waals surface area contributed by atoms with Crippen molar-refractivity contribution in [2.45, 2.75) is 13.3 Å². The molecule has 2 amide bonds. The molecule has 0 heterocycles. The maximum Gasteiger partial charge on any atom is 0.573 e. The Balaban J connectivity index is 1.99. The fourth-order valence-electron chi connectivity index (χ4n) is 1.77. The second-order valence-corrected chi connectivity index (χ2v) is 4.59. The van der Waals surface area contributed by atoms with Crippen LogP contribution in [0.15, 0.2) is 42.5 Å². The SMILES string of the molecule is Cc1cccc(NC(=O)Nc2ccc(OC(F)(F)F)cc2)c1F. The second-order valence-electron chi connectivity index (χ2n) is 4.59. The first-order valence-corrected chi connectivity index (χ1v) is 6.43. The van der Waals surface area contributed by atoms with Crippen LogP contribution in [0.2, 0.25) is 0 Å². The summed E-state index contributed by atoms with van der Waals surface area (Å²) < 4.78 is 53.5. The van der Waals surface area contributed by atoms with E-state index < -0.39 is 24.0 Å². The number of alkyl halides is 3. The first-order valence-electron chi connectivity index (χ1n) is 6.43. The molecular formula is C15H12F4N2O2. The Hall–Kier alpha value is -2.77. The van der Waals surface area contributed by atoms with Gasteiger partial charge < -0.3 is 15.4 Å². The molecule has 0 bridgehead atoms. The van der Waals surface area contributed by atoms with Crippen molar-refractivity contribution in [2.24, 2.45) is 0 Å². The third kappa shape index (κ3) is 4.87. The fourth-order valence-corrected chi connectivity index (χ4v) is 1.77. The highest BCUT2D eigenvalue weighted by Crippen LogP contribution is 2.24. The number of hydrogen-bond acceptors (Lipinski definition) is 2. The van der Waals surface area contributed by atoms with E-state index in [4.69, 9.17) is 0 Å². The van der Waals surface area contributed by atoms with E-state index in [9.17, 15) is 22.4 Å². The van der Waals surface area contributed by atoms with Gasteiger partial charge in [0.1, 0.15) is 11.6 Å². The number of anilines is 2. The molecule has 0 aliphatic carbocycles. The molecule has 0 saturated heterocycles. The number of carbonyl (C=O) groups is 1. The van der Waals surface area contributed by atoms with Crippen LogP contribution in [0.4, 0.5) is 33.7 Å². The van der Waals surface area contributed by atoms with Gasteiger partial charge in [0.2, 0.25) is 0 Å². The lowest BCUT2D eigenvalue weighted by Gasteiger charge is -2.11. The maximum absolute atomic E-state index is 13.7. The van der Waals surface area contributed by atoms with E-state index in [-0.39, 0.29) is 11.4 Å². The summed E-state index contributed by atoms with van der Waals surface area (Å²) in [6.07, 6.45) is -4.78. The normalized spacial score (nSPS) is 11.0. The quantitative estimate of drug-likeness (QED) is 0.804. The van der Waals surface area contributed by atoms with Crippen molar-refractivity contribution in [3.8, 4) is 5.75 Å². The number of urea groups is 1. The lowest BCUT2D eigenvalue weighted by atomic mass is 10.2. The van der Waals surface area contributed by atoms with Gasteiger partial charge in [0.05, 0.1) is 5.69 Å². The smallest absolute Gasteiger partial charge is 0.406 e. The molecule has 8 heteroatoms. The van der Waals surface area contributed by atoms with Crippen LogP contribution < -0.4 is 15.4 Å². The van der Waals surface area contributed by atoms with Gasteiger partial charge in [0, 0.05) is 5.69 Å². The molecule has 0 unspecified atom stereocenters. The lowest BCUT2D eigenvalue weighted by molar-refractivity contribution is -0.274. The van der Waals surface area contributed by atoms with E-state index in [1.165, 1.54) is 18.2 Å². The van der Waals surface area contributed by atoms with Gasteiger partial charge in [-0.2, -0.15) is 0 Å². The van der Waals surface area contributed by atoms with Crippen molar-refractivity contribution >= 4 is 17.4 Å². The highest BCUT2D eigenvalue weighted by atomic mass is 19.4. The zero-order chi connectivity index (χ0) is 17.0. The second kappa shape index (κ2) is 6.55. The molecule has 2 aromatic carbocycles. The van der Waals surface area contributed by atoms with Gasteiger partial charge in [-0.15, -0.1) is 13.2 Å². The van der Waals surface area contributed by atoms with E-state index in [0.29, 0.717) is 5.56 Å². The lowest BCUT2D eigenvalue weighted by Crippen LogP contribution is -2.20. The van der Waals surface area contributed by atoms with Crippen molar-refractivity contribution in [1.82, 2.24) is 0 Å². The molecule has 23 heavy (non-hydrogen) atoms. The third-order valence-electron chi connectivity index (χ3n) is 2.79. The predicted octanol–water partition coefficient (Wildman–Crippen LogP) is 4.68. The molecule has 0 saturated carbocycles. The molecule has 0 aliphatic rings. The van der Waals surface area contributed by atoms with Crippen molar-refractivity contribution in [2.75, 3.05) is 10.6 Å². The number of halogens is 4. The van der Waals surface area contributed by atoms with Crippen molar-refractivity contribution < 1.29 is 27.1 Å². The summed E-state index contributed by atoms with van der Waals surface area (Å²) in [5.74, 6) is -0.968. The summed E-state index contributed by atoms with van der Waals surface area (Å²) in [4.78, 5) is 11.8. The molecule has 2 rings (SSSR count). The van der Waals surface area contributed by atoms with Crippen LogP contribution in [0.3, 0.4) is 0 Å². The molecular weight excluding hydrogens is 316 g/mol. The molecule has 122 valence electrons. The summed E-state index contributed by atoms with van der Waals surface area (Å²) >= 11 is 0. The van der Waals surface area contributed by atoms with Gasteiger partial charge in [0.15, 0.2) is 0 Å². The van der Waals surface area contributed by atoms with Gasteiger partial charge in [-0.25, -0.2) is 9.18 Å². The molecule has 2 N–H and O–H groups in total. The molecule has 4 nitrogen and oxygen atoms in total. The highest BCUT2D eigenvalue weighted by Gasteiger charge is 2.30. The van der Waals surface area contributed by atoms with Gasteiger partial charge in [0.25, 0.3) is 0 Å². The van der Waals surface area contributed by atoms with Gasteiger partial charge in [-0.3, -0.25) is 0 Å². The number of hydrogen-bond donors (Lipinski definition) is 2. The number of carbonyl (C=O) groups excluding carboxylic acids is 1. The van der Waals surface area contributed by atoms with E-state index in [2.05, 4.69) is 15.4 Å². The zero-order valence-corrected chi connectivity index (χ0v) is 11.9. The molecule has 0 atom stereocenters. The van der Waals surface area contributed by atoms with Crippen molar-refractivity contribution in [3.63, 3.8) is 0 Å². The maximum atomic E-state index is 13.7. The van der Waals surface area contributed by atoms with Crippen LogP contribution in [-0.4, -0.2) is 12.4 Å². The number of rotatable bonds is 3. The van der Waals surface area contributed by atoms with Crippen LogP contribution in [0.25, 0.3) is 0 Å². The largest absolute Gasteiger partial charge is 0.573 e. The van der Waals surface area contributed by atoms with Crippen LogP contribution >= 0.6 is 0 Å². The Labute approximate surface area is 129 Å². The Morgan fingerprint density at radius 1 is 1.04 bits per heavy atom. The third-order valence-corrected chi connectivity index (χ3v) is 2.79.